The molecule has 0 aliphatic rings. The fraction of sp³-hybridized carbons (Fsp3) is 0.474. The lowest BCUT2D eigenvalue weighted by Crippen LogP contribution is -2.32. The van der Waals surface area contributed by atoms with Gasteiger partial charge in [-0.3, -0.25) is 0 Å². The first-order valence-corrected chi connectivity index (χ1v) is 15.6. The highest BCUT2D eigenvalue weighted by Gasteiger charge is 2.27. The van der Waals surface area contributed by atoms with Crippen molar-refractivity contribution in [3.8, 4) is 5.75 Å². The molecule has 2 N–H and O–H groups in total. The van der Waals surface area contributed by atoms with Gasteiger partial charge in [0.25, 0.3) is 0 Å². The summed E-state index contributed by atoms with van der Waals surface area (Å²) in [5.74, 6) is 0.444. The molecular formula is C38H54N2O. The van der Waals surface area contributed by atoms with Crippen LogP contribution < -0.4 is 10.2 Å². The summed E-state index contributed by atoms with van der Waals surface area (Å²) >= 11 is 0. The van der Waals surface area contributed by atoms with Gasteiger partial charge in [-0.2, -0.15) is 0 Å². The second-order valence-electron chi connectivity index (χ2n) is 13.7. The molecule has 3 nitrogen and oxygen atoms in total. The zero-order valence-electron chi connectivity index (χ0n) is 27.0. The summed E-state index contributed by atoms with van der Waals surface area (Å²) in [5.41, 5.74) is 7.53. The maximum Gasteiger partial charge on any atom is 0.123 e. The Labute approximate surface area is 250 Å². The van der Waals surface area contributed by atoms with Gasteiger partial charge in [-0.05, 0) is 90.1 Å². The summed E-state index contributed by atoms with van der Waals surface area (Å²) < 4.78 is 0. The first-order valence-electron chi connectivity index (χ1n) is 15.6. The molecule has 0 aliphatic carbocycles. The van der Waals surface area contributed by atoms with Crippen molar-refractivity contribution in [3.63, 3.8) is 0 Å². The normalized spacial score (nSPS) is 12.7. The summed E-state index contributed by atoms with van der Waals surface area (Å²) in [6.45, 7) is 22.3. The predicted octanol–water partition coefficient (Wildman–Crippen LogP) is 11.0. The molecule has 0 bridgehead atoms. The van der Waals surface area contributed by atoms with E-state index in [9.17, 15) is 5.11 Å². The van der Waals surface area contributed by atoms with Gasteiger partial charge in [0, 0.05) is 28.8 Å². The number of benzene rings is 3. The van der Waals surface area contributed by atoms with Gasteiger partial charge in [0.1, 0.15) is 5.75 Å². The lowest BCUT2D eigenvalue weighted by molar-refractivity contribution is 0.422. The molecule has 0 fully saturated rings. The van der Waals surface area contributed by atoms with Crippen LogP contribution in [0, 0.1) is 0 Å². The van der Waals surface area contributed by atoms with Crippen molar-refractivity contribution in [3.05, 3.63) is 95.7 Å². The van der Waals surface area contributed by atoms with Crippen LogP contribution in [0.3, 0.4) is 0 Å². The molecular weight excluding hydrogens is 500 g/mol. The number of rotatable bonds is 13. The van der Waals surface area contributed by atoms with Gasteiger partial charge in [-0.25, -0.2) is 0 Å². The number of aromatic hydroxyl groups is 1. The summed E-state index contributed by atoms with van der Waals surface area (Å²) in [4.78, 5) is 2.45. The summed E-state index contributed by atoms with van der Waals surface area (Å²) in [6, 6.07) is 23.8. The van der Waals surface area contributed by atoms with Gasteiger partial charge in [0.2, 0.25) is 0 Å². The number of hydrogen-bond donors (Lipinski definition) is 2. The van der Waals surface area contributed by atoms with Crippen LogP contribution in [0.4, 0.5) is 17.1 Å². The maximum atomic E-state index is 11.2. The van der Waals surface area contributed by atoms with Crippen LogP contribution in [0.15, 0.2) is 79.0 Å². The maximum absolute atomic E-state index is 11.2. The highest BCUT2D eigenvalue weighted by atomic mass is 16.3. The number of phenolic OH excluding ortho intramolecular Hbond substituents is 1. The lowest BCUT2D eigenvalue weighted by atomic mass is 9.78. The second-order valence-corrected chi connectivity index (χ2v) is 13.7. The number of nitrogens with zero attached hydrogens (tertiary/aromatic N) is 1. The zero-order chi connectivity index (χ0) is 30.2. The Morgan fingerprint density at radius 3 is 1.93 bits per heavy atom. The van der Waals surface area contributed by atoms with E-state index in [1.807, 2.05) is 18.2 Å². The van der Waals surface area contributed by atoms with E-state index in [4.69, 9.17) is 0 Å². The molecule has 3 aromatic carbocycles. The predicted molar refractivity (Wildman–Crippen MR) is 180 cm³/mol. The number of para-hydroxylation sites is 1. The van der Waals surface area contributed by atoms with Gasteiger partial charge < -0.3 is 15.3 Å². The molecule has 0 spiro atoms. The van der Waals surface area contributed by atoms with E-state index in [1.54, 1.807) is 0 Å². The third kappa shape index (κ3) is 9.15. The van der Waals surface area contributed by atoms with Gasteiger partial charge in [0.15, 0.2) is 0 Å². The van der Waals surface area contributed by atoms with Crippen LogP contribution in [0.2, 0.25) is 0 Å². The number of nitrogens with one attached hydrogen (secondary N) is 1. The van der Waals surface area contributed by atoms with E-state index in [0.717, 1.165) is 47.5 Å². The number of anilines is 3. The summed E-state index contributed by atoms with van der Waals surface area (Å²) in [6.07, 6.45) is 7.94. The Morgan fingerprint density at radius 1 is 0.829 bits per heavy atom. The first-order chi connectivity index (χ1) is 19.3. The van der Waals surface area contributed by atoms with E-state index in [0.29, 0.717) is 11.8 Å². The van der Waals surface area contributed by atoms with Gasteiger partial charge in [-0.1, -0.05) is 111 Å². The van der Waals surface area contributed by atoms with Crippen molar-refractivity contribution in [2.75, 3.05) is 10.2 Å². The Morgan fingerprint density at radius 2 is 1.39 bits per heavy atom. The number of hydrogen-bond acceptors (Lipinski definition) is 3. The molecule has 0 amide bonds. The van der Waals surface area contributed by atoms with E-state index < -0.39 is 0 Å². The molecule has 3 aromatic rings. The van der Waals surface area contributed by atoms with Crippen molar-refractivity contribution in [1.82, 2.24) is 0 Å². The van der Waals surface area contributed by atoms with Crippen LogP contribution in [0.25, 0.3) is 0 Å². The number of phenols is 1. The average Bonchev–Trinajstić information content (AvgIpc) is 2.91. The highest BCUT2D eigenvalue weighted by Crippen LogP contribution is 2.40. The Balaban J connectivity index is 1.84. The van der Waals surface area contributed by atoms with Crippen LogP contribution >= 0.6 is 0 Å². The molecule has 3 heteroatoms. The van der Waals surface area contributed by atoms with E-state index in [1.165, 1.54) is 36.9 Å². The Hall–Kier alpha value is -3.20. The third-order valence-electron chi connectivity index (χ3n) is 7.95. The lowest BCUT2D eigenvalue weighted by Gasteiger charge is -2.34. The average molecular weight is 555 g/mol. The standard InChI is InChI=1S/C38H54N2O/c1-10-11-12-14-17-28(2)40(33-24-22-32(23-25-33)39-31-18-15-13-16-19-31)29(3)20-21-30-26-34(37(4,5)6)36(41)35(27-30)38(7,8)9/h13,15-16,18-19,22-28,39,41H,3,10-12,14,17,20-21H2,1-2,4-9H3. The molecule has 1 unspecified atom stereocenters. The minimum Gasteiger partial charge on any atom is -0.507 e. The van der Waals surface area contributed by atoms with E-state index in [2.05, 4.69) is 121 Å². The first kappa shape index (κ1) is 32.3. The van der Waals surface area contributed by atoms with Crippen molar-refractivity contribution in [2.45, 2.75) is 117 Å². The Kier molecular flexibility index (Phi) is 11.1. The largest absolute Gasteiger partial charge is 0.507 e. The fourth-order valence-electron chi connectivity index (χ4n) is 5.53. The quantitative estimate of drug-likeness (QED) is 0.206. The SMILES string of the molecule is C=C(CCc1cc(C(C)(C)C)c(O)c(C(C)(C)C)c1)N(c1ccc(Nc2ccccc2)cc1)C(C)CCCCCC. The molecule has 222 valence electrons. The Bertz CT molecular complexity index is 1210. The number of allylic oxidation sites excluding steroid dienone is 1. The fourth-order valence-corrected chi connectivity index (χ4v) is 5.53. The minimum absolute atomic E-state index is 0.133. The molecule has 41 heavy (non-hydrogen) atoms. The number of aryl methyl sites for hydroxylation is 1. The topological polar surface area (TPSA) is 35.5 Å². The van der Waals surface area contributed by atoms with Crippen molar-refractivity contribution >= 4 is 17.1 Å². The second kappa shape index (κ2) is 14.1. The number of unbranched alkanes of at least 4 members (excludes halogenated alkanes) is 3. The van der Waals surface area contributed by atoms with Crippen LogP contribution in [0.1, 0.15) is 111 Å². The molecule has 0 aromatic heterocycles. The molecule has 0 aliphatic heterocycles. The molecule has 0 saturated carbocycles. The zero-order valence-corrected chi connectivity index (χ0v) is 27.0. The van der Waals surface area contributed by atoms with Crippen molar-refractivity contribution < 1.29 is 5.11 Å². The summed E-state index contributed by atoms with van der Waals surface area (Å²) in [5, 5.41) is 14.7. The molecule has 1 atom stereocenters. The monoisotopic (exact) mass is 554 g/mol. The molecule has 0 saturated heterocycles. The van der Waals surface area contributed by atoms with Crippen LogP contribution in [-0.4, -0.2) is 11.1 Å². The molecule has 0 radical (unpaired) electrons. The van der Waals surface area contributed by atoms with Gasteiger partial charge in [-0.15, -0.1) is 0 Å². The van der Waals surface area contributed by atoms with Gasteiger partial charge in [0.05, 0.1) is 0 Å². The minimum atomic E-state index is -0.133. The van der Waals surface area contributed by atoms with Crippen molar-refractivity contribution in [2.24, 2.45) is 0 Å². The molecule has 0 heterocycles. The molecule has 3 rings (SSSR count). The smallest absolute Gasteiger partial charge is 0.123 e. The third-order valence-corrected chi connectivity index (χ3v) is 7.95. The highest BCUT2D eigenvalue weighted by molar-refractivity contribution is 5.64. The van der Waals surface area contributed by atoms with Crippen LogP contribution in [0.5, 0.6) is 5.75 Å². The van der Waals surface area contributed by atoms with Crippen LogP contribution in [-0.2, 0) is 17.3 Å². The van der Waals surface area contributed by atoms with E-state index in [-0.39, 0.29) is 10.8 Å². The van der Waals surface area contributed by atoms with E-state index >= 15 is 0 Å². The van der Waals surface area contributed by atoms with Crippen molar-refractivity contribution in [1.29, 1.82) is 0 Å². The van der Waals surface area contributed by atoms with Gasteiger partial charge >= 0.3 is 0 Å². The summed E-state index contributed by atoms with van der Waals surface area (Å²) in [7, 11) is 0.